The van der Waals surface area contributed by atoms with E-state index in [9.17, 15) is 5.11 Å². The first kappa shape index (κ1) is 23.2. The minimum absolute atomic E-state index is 0. The van der Waals surface area contributed by atoms with Crippen LogP contribution in [-0.4, -0.2) is 24.4 Å². The molecule has 1 aromatic carbocycles. The van der Waals surface area contributed by atoms with E-state index in [-0.39, 0.29) is 12.4 Å². The van der Waals surface area contributed by atoms with Gasteiger partial charge in [0, 0.05) is 17.5 Å². The molecule has 5 heteroatoms. The standard InChI is InChI=1S/C23H33NO2S.ClH/c1-3-17(2)20-11-6-7-12-21(20)26-16-19(25)15-24-23(18-9-4-5-10-18)22-13-8-14-27-22;/h6-8,11-14,17-19,23-25H,3-5,9-10,15-16H2,1-2H3;1H. The smallest absolute Gasteiger partial charge is 0.122 e. The molecule has 2 N–H and O–H groups in total. The Morgan fingerprint density at radius 1 is 1.18 bits per heavy atom. The van der Waals surface area contributed by atoms with Gasteiger partial charge in [-0.05, 0) is 54.2 Å². The van der Waals surface area contributed by atoms with Crippen LogP contribution in [0.5, 0.6) is 5.75 Å². The molecule has 3 rings (SSSR count). The van der Waals surface area contributed by atoms with Crippen LogP contribution in [0.1, 0.15) is 68.4 Å². The average molecular weight is 424 g/mol. The molecule has 156 valence electrons. The number of hydrogen-bond donors (Lipinski definition) is 2. The lowest BCUT2D eigenvalue weighted by Crippen LogP contribution is -2.36. The van der Waals surface area contributed by atoms with Crippen LogP contribution >= 0.6 is 23.7 Å². The van der Waals surface area contributed by atoms with Crippen LogP contribution in [0.2, 0.25) is 0 Å². The molecule has 0 radical (unpaired) electrons. The van der Waals surface area contributed by atoms with Gasteiger partial charge in [0.2, 0.25) is 0 Å². The summed E-state index contributed by atoms with van der Waals surface area (Å²) in [6.07, 6.45) is 5.78. The third-order valence-electron chi connectivity index (χ3n) is 5.79. The molecule has 28 heavy (non-hydrogen) atoms. The number of benzene rings is 1. The molecule has 0 aliphatic heterocycles. The minimum Gasteiger partial charge on any atom is -0.491 e. The van der Waals surface area contributed by atoms with Crippen molar-refractivity contribution in [2.75, 3.05) is 13.2 Å². The molecule has 1 saturated carbocycles. The highest BCUT2D eigenvalue weighted by atomic mass is 35.5. The van der Waals surface area contributed by atoms with Gasteiger partial charge in [0.25, 0.3) is 0 Å². The van der Waals surface area contributed by atoms with Crippen molar-refractivity contribution >= 4 is 23.7 Å². The Morgan fingerprint density at radius 2 is 1.93 bits per heavy atom. The van der Waals surface area contributed by atoms with Crippen LogP contribution < -0.4 is 10.1 Å². The van der Waals surface area contributed by atoms with Gasteiger partial charge < -0.3 is 15.2 Å². The van der Waals surface area contributed by atoms with Crippen LogP contribution in [0.25, 0.3) is 0 Å². The molecule has 1 aromatic heterocycles. The van der Waals surface area contributed by atoms with Gasteiger partial charge >= 0.3 is 0 Å². The van der Waals surface area contributed by atoms with E-state index in [2.05, 4.69) is 48.8 Å². The first-order valence-electron chi connectivity index (χ1n) is 10.4. The quantitative estimate of drug-likeness (QED) is 0.496. The van der Waals surface area contributed by atoms with Crippen molar-refractivity contribution in [2.45, 2.75) is 64.0 Å². The van der Waals surface area contributed by atoms with Crippen LogP contribution in [0.15, 0.2) is 41.8 Å². The lowest BCUT2D eigenvalue weighted by atomic mass is 9.96. The Bertz CT molecular complexity index is 673. The number of aliphatic hydroxyl groups excluding tert-OH is 1. The third-order valence-corrected chi connectivity index (χ3v) is 6.74. The highest BCUT2D eigenvalue weighted by Crippen LogP contribution is 2.37. The lowest BCUT2D eigenvalue weighted by molar-refractivity contribution is 0.100. The normalized spacial score (nSPS) is 17.7. The number of rotatable bonds is 10. The summed E-state index contributed by atoms with van der Waals surface area (Å²) in [4.78, 5) is 1.39. The molecule has 1 fully saturated rings. The molecule has 0 amide bonds. The number of para-hydroxylation sites is 1. The Balaban J connectivity index is 0.00000280. The minimum atomic E-state index is -0.515. The van der Waals surface area contributed by atoms with E-state index < -0.39 is 6.10 Å². The van der Waals surface area contributed by atoms with E-state index in [1.807, 2.05) is 23.5 Å². The summed E-state index contributed by atoms with van der Waals surface area (Å²) in [7, 11) is 0. The highest BCUT2D eigenvalue weighted by molar-refractivity contribution is 7.10. The van der Waals surface area contributed by atoms with Gasteiger partial charge in [0.05, 0.1) is 0 Å². The SMILES string of the molecule is CCC(C)c1ccccc1OCC(O)CNC(c1cccs1)C1CCCC1.Cl. The maximum Gasteiger partial charge on any atom is 0.122 e. The molecule has 1 aliphatic rings. The first-order chi connectivity index (χ1) is 13.2. The maximum absolute atomic E-state index is 10.5. The van der Waals surface area contributed by atoms with Crippen molar-refractivity contribution in [2.24, 2.45) is 5.92 Å². The molecule has 0 saturated heterocycles. The van der Waals surface area contributed by atoms with Crippen molar-refractivity contribution in [1.29, 1.82) is 0 Å². The Hall–Kier alpha value is -1.07. The monoisotopic (exact) mass is 423 g/mol. The average Bonchev–Trinajstić information content (AvgIpc) is 3.41. The van der Waals surface area contributed by atoms with Crippen molar-refractivity contribution in [1.82, 2.24) is 5.32 Å². The van der Waals surface area contributed by atoms with Crippen molar-refractivity contribution in [3.05, 3.63) is 52.2 Å². The number of aliphatic hydroxyl groups is 1. The van der Waals surface area contributed by atoms with Crippen LogP contribution in [-0.2, 0) is 0 Å². The summed E-state index contributed by atoms with van der Waals surface area (Å²) in [5.41, 5.74) is 1.22. The van der Waals surface area contributed by atoms with Crippen molar-refractivity contribution in [3.63, 3.8) is 0 Å². The summed E-state index contributed by atoms with van der Waals surface area (Å²) in [5.74, 6) is 2.04. The second-order valence-electron chi connectivity index (χ2n) is 7.76. The molecule has 1 heterocycles. The zero-order valence-electron chi connectivity index (χ0n) is 17.0. The summed E-state index contributed by atoms with van der Waals surface area (Å²) < 4.78 is 5.98. The molecular formula is C23H34ClNO2S. The van der Waals surface area contributed by atoms with E-state index in [0.29, 0.717) is 31.0 Å². The number of halogens is 1. The number of thiophene rings is 1. The van der Waals surface area contributed by atoms with Gasteiger partial charge in [-0.2, -0.15) is 0 Å². The Kier molecular flexibility index (Phi) is 9.80. The predicted molar refractivity (Wildman–Crippen MR) is 121 cm³/mol. The van der Waals surface area contributed by atoms with Gasteiger partial charge in [-0.25, -0.2) is 0 Å². The summed E-state index contributed by atoms with van der Waals surface area (Å²) in [6, 6.07) is 12.9. The largest absolute Gasteiger partial charge is 0.491 e. The second-order valence-corrected chi connectivity index (χ2v) is 8.74. The van der Waals surface area contributed by atoms with Gasteiger partial charge in [0.1, 0.15) is 18.5 Å². The van der Waals surface area contributed by atoms with Gasteiger partial charge in [-0.3, -0.25) is 0 Å². The topological polar surface area (TPSA) is 41.5 Å². The molecule has 0 spiro atoms. The molecule has 3 atom stereocenters. The Labute approximate surface area is 179 Å². The molecule has 3 nitrogen and oxygen atoms in total. The van der Waals surface area contributed by atoms with Gasteiger partial charge in [-0.15, -0.1) is 23.7 Å². The zero-order valence-corrected chi connectivity index (χ0v) is 18.6. The highest BCUT2D eigenvalue weighted by Gasteiger charge is 2.27. The number of hydrogen-bond acceptors (Lipinski definition) is 4. The fraction of sp³-hybridized carbons (Fsp3) is 0.565. The van der Waals surface area contributed by atoms with E-state index in [1.165, 1.54) is 36.1 Å². The fourth-order valence-electron chi connectivity index (χ4n) is 4.01. The van der Waals surface area contributed by atoms with Crippen LogP contribution in [0.3, 0.4) is 0 Å². The molecule has 0 bridgehead atoms. The van der Waals surface area contributed by atoms with Gasteiger partial charge in [-0.1, -0.05) is 51.0 Å². The second kappa shape index (κ2) is 11.8. The van der Waals surface area contributed by atoms with E-state index in [0.717, 1.165) is 12.2 Å². The number of ether oxygens (including phenoxy) is 1. The van der Waals surface area contributed by atoms with E-state index in [1.54, 1.807) is 0 Å². The summed E-state index contributed by atoms with van der Waals surface area (Å²) in [5, 5.41) is 16.3. The fourth-order valence-corrected chi connectivity index (χ4v) is 4.90. The van der Waals surface area contributed by atoms with Crippen LogP contribution in [0.4, 0.5) is 0 Å². The van der Waals surface area contributed by atoms with Crippen LogP contribution in [0, 0.1) is 5.92 Å². The maximum atomic E-state index is 10.5. The Morgan fingerprint density at radius 3 is 2.61 bits per heavy atom. The lowest BCUT2D eigenvalue weighted by Gasteiger charge is -2.25. The summed E-state index contributed by atoms with van der Waals surface area (Å²) in [6.45, 7) is 5.29. The van der Waals surface area contributed by atoms with E-state index >= 15 is 0 Å². The number of nitrogens with one attached hydrogen (secondary N) is 1. The summed E-state index contributed by atoms with van der Waals surface area (Å²) >= 11 is 1.81. The van der Waals surface area contributed by atoms with Crippen molar-refractivity contribution < 1.29 is 9.84 Å². The molecule has 3 unspecified atom stereocenters. The molecular weight excluding hydrogens is 390 g/mol. The zero-order chi connectivity index (χ0) is 19.1. The van der Waals surface area contributed by atoms with Gasteiger partial charge in [0.15, 0.2) is 0 Å². The molecule has 1 aliphatic carbocycles. The predicted octanol–water partition coefficient (Wildman–Crippen LogP) is 5.94. The third kappa shape index (κ3) is 6.21. The molecule has 2 aromatic rings. The van der Waals surface area contributed by atoms with Crippen molar-refractivity contribution in [3.8, 4) is 5.75 Å². The first-order valence-corrected chi connectivity index (χ1v) is 11.2. The van der Waals surface area contributed by atoms with E-state index in [4.69, 9.17) is 4.74 Å².